The van der Waals surface area contributed by atoms with Gasteiger partial charge in [0.25, 0.3) is 0 Å². The molecule has 3 aliphatic rings. The minimum atomic E-state index is -0.681. The molecule has 1 aromatic rings. The minimum Gasteiger partial charge on any atom is -0.468 e. The second-order valence-corrected chi connectivity index (χ2v) is 5.78. The first-order chi connectivity index (χ1) is 11.6. The van der Waals surface area contributed by atoms with Crippen LogP contribution in [0.1, 0.15) is 18.4 Å². The maximum absolute atomic E-state index is 12.4. The van der Waals surface area contributed by atoms with Gasteiger partial charge in [-0.1, -0.05) is 6.07 Å². The number of cyclic esters (lactones) is 1. The predicted octanol–water partition coefficient (Wildman–Crippen LogP) is 1.57. The molecule has 0 N–H and O–H groups in total. The van der Waals surface area contributed by atoms with E-state index in [0.717, 1.165) is 5.56 Å². The summed E-state index contributed by atoms with van der Waals surface area (Å²) in [5.41, 5.74) is 2.34. The fourth-order valence-corrected chi connectivity index (χ4v) is 3.40. The number of nitrogens with zero attached hydrogens (tertiary/aromatic N) is 1. The van der Waals surface area contributed by atoms with Crippen molar-refractivity contribution in [3.63, 3.8) is 0 Å². The summed E-state index contributed by atoms with van der Waals surface area (Å²) in [4.78, 5) is 29.0. The van der Waals surface area contributed by atoms with Crippen molar-refractivity contribution in [1.82, 2.24) is 0 Å². The smallest absolute Gasteiger partial charge is 0.337 e. The fraction of sp³-hybridized carbons (Fsp3) is 0.353. The summed E-state index contributed by atoms with van der Waals surface area (Å²) in [6.45, 7) is 2.04. The van der Waals surface area contributed by atoms with Gasteiger partial charge in [-0.2, -0.15) is 0 Å². The number of methoxy groups -OCH3 is 1. The highest BCUT2D eigenvalue weighted by atomic mass is 16.7. The second-order valence-electron chi connectivity index (χ2n) is 5.78. The van der Waals surface area contributed by atoms with Gasteiger partial charge < -0.3 is 18.9 Å². The summed E-state index contributed by atoms with van der Waals surface area (Å²) in [5, 5.41) is 0. The Morgan fingerprint density at radius 1 is 1.25 bits per heavy atom. The summed E-state index contributed by atoms with van der Waals surface area (Å²) in [7, 11) is 1.32. The monoisotopic (exact) mass is 329 g/mol. The number of carbonyl (C=O) groups excluding carboxylic acids is 2. The lowest BCUT2D eigenvalue weighted by molar-refractivity contribution is -0.143. The molecule has 0 radical (unpaired) electrons. The Balaban J connectivity index is 1.86. The lowest BCUT2D eigenvalue weighted by Crippen LogP contribution is -2.34. The summed E-state index contributed by atoms with van der Waals surface area (Å²) in [5.74, 6) is -0.861. The molecule has 0 aliphatic carbocycles. The molecule has 1 aromatic carbocycles. The molecule has 3 aliphatic heterocycles. The Morgan fingerprint density at radius 3 is 2.83 bits per heavy atom. The van der Waals surface area contributed by atoms with Crippen molar-refractivity contribution >= 4 is 17.7 Å². The molecule has 3 heterocycles. The van der Waals surface area contributed by atoms with E-state index in [9.17, 15) is 9.59 Å². The van der Waals surface area contributed by atoms with Crippen LogP contribution in [-0.4, -0.2) is 38.2 Å². The highest BCUT2D eigenvalue weighted by molar-refractivity contribution is 6.07. The van der Waals surface area contributed by atoms with Gasteiger partial charge in [0.05, 0.1) is 18.4 Å². The molecule has 0 bridgehead atoms. The number of hydrogen-bond acceptors (Lipinski definition) is 7. The average molecular weight is 329 g/mol. The van der Waals surface area contributed by atoms with E-state index in [1.807, 2.05) is 6.07 Å². The third-order valence-corrected chi connectivity index (χ3v) is 4.49. The van der Waals surface area contributed by atoms with Gasteiger partial charge in [0.2, 0.25) is 6.79 Å². The van der Waals surface area contributed by atoms with Gasteiger partial charge in [0, 0.05) is 11.6 Å². The summed E-state index contributed by atoms with van der Waals surface area (Å²) in [6.07, 6.45) is 0. The molecule has 0 aromatic heterocycles. The Morgan fingerprint density at radius 2 is 2.04 bits per heavy atom. The van der Waals surface area contributed by atoms with E-state index in [1.165, 1.54) is 7.11 Å². The lowest BCUT2D eigenvalue weighted by atomic mass is 9.76. The molecule has 0 spiro atoms. The van der Waals surface area contributed by atoms with Crippen molar-refractivity contribution in [3.05, 3.63) is 35.0 Å². The Bertz CT molecular complexity index is 809. The zero-order chi connectivity index (χ0) is 16.8. The van der Waals surface area contributed by atoms with Crippen molar-refractivity contribution in [2.45, 2.75) is 12.8 Å². The Labute approximate surface area is 137 Å². The number of hydrogen-bond donors (Lipinski definition) is 0. The topological polar surface area (TPSA) is 83.4 Å². The highest BCUT2D eigenvalue weighted by Gasteiger charge is 2.45. The van der Waals surface area contributed by atoms with E-state index < -0.39 is 23.8 Å². The summed E-state index contributed by atoms with van der Waals surface area (Å²) >= 11 is 0. The zero-order valence-electron chi connectivity index (χ0n) is 13.2. The van der Waals surface area contributed by atoms with E-state index in [-0.39, 0.29) is 13.4 Å². The number of ether oxygens (including phenoxy) is 4. The van der Waals surface area contributed by atoms with Crippen LogP contribution in [0.3, 0.4) is 0 Å². The van der Waals surface area contributed by atoms with Crippen molar-refractivity contribution in [1.29, 1.82) is 0 Å². The minimum absolute atomic E-state index is 0.125. The second kappa shape index (κ2) is 5.36. The molecule has 0 fully saturated rings. The molecule has 24 heavy (non-hydrogen) atoms. The summed E-state index contributed by atoms with van der Waals surface area (Å²) in [6, 6.07) is 5.38. The maximum Gasteiger partial charge on any atom is 0.337 e. The lowest BCUT2D eigenvalue weighted by Gasteiger charge is -2.29. The number of aliphatic imine (C=N–C) groups is 1. The average Bonchev–Trinajstić information content (AvgIpc) is 3.19. The first-order valence-corrected chi connectivity index (χ1v) is 7.53. The zero-order valence-corrected chi connectivity index (χ0v) is 13.2. The maximum atomic E-state index is 12.4. The number of esters is 2. The first-order valence-electron chi connectivity index (χ1n) is 7.53. The van der Waals surface area contributed by atoms with Crippen LogP contribution in [0.4, 0.5) is 0 Å². The molecule has 7 heteroatoms. The predicted molar refractivity (Wildman–Crippen MR) is 81.9 cm³/mol. The van der Waals surface area contributed by atoms with Crippen LogP contribution in [-0.2, 0) is 19.1 Å². The van der Waals surface area contributed by atoms with Gasteiger partial charge in [0.15, 0.2) is 11.5 Å². The number of rotatable bonds is 2. The van der Waals surface area contributed by atoms with Gasteiger partial charge in [-0.05, 0) is 24.6 Å². The molecule has 4 rings (SSSR count). The van der Waals surface area contributed by atoms with E-state index >= 15 is 0 Å². The van der Waals surface area contributed by atoms with Gasteiger partial charge >= 0.3 is 11.9 Å². The highest BCUT2D eigenvalue weighted by Crippen LogP contribution is 2.44. The third kappa shape index (κ3) is 2.08. The first kappa shape index (κ1) is 14.7. The molecule has 0 saturated carbocycles. The van der Waals surface area contributed by atoms with E-state index in [1.54, 1.807) is 19.1 Å². The third-order valence-electron chi connectivity index (χ3n) is 4.49. The van der Waals surface area contributed by atoms with E-state index in [2.05, 4.69) is 4.99 Å². The van der Waals surface area contributed by atoms with Crippen LogP contribution >= 0.6 is 0 Å². The van der Waals surface area contributed by atoms with E-state index in [0.29, 0.717) is 28.5 Å². The molecule has 2 atom stereocenters. The van der Waals surface area contributed by atoms with Crippen molar-refractivity contribution < 1.29 is 28.5 Å². The van der Waals surface area contributed by atoms with Gasteiger partial charge in [-0.3, -0.25) is 9.79 Å². The van der Waals surface area contributed by atoms with Crippen LogP contribution in [0.15, 0.2) is 34.5 Å². The van der Waals surface area contributed by atoms with Crippen LogP contribution in [0, 0.1) is 5.92 Å². The molecular formula is C17H15NO6. The molecule has 7 nitrogen and oxygen atoms in total. The fourth-order valence-electron chi connectivity index (χ4n) is 3.40. The normalized spacial score (nSPS) is 24.4. The standard InChI is InChI=1S/C17H15NO6/c1-8-13(16(19)21-2)14(15-10(18-8)6-22-17(15)20)9-3-4-11-12(5-9)24-7-23-11/h3-5,13-14H,6-7H2,1-2H3. The van der Waals surface area contributed by atoms with Crippen LogP contribution in [0.5, 0.6) is 11.5 Å². The quantitative estimate of drug-likeness (QED) is 0.766. The SMILES string of the molecule is COC(=O)C1C(C)=NC2=C(C(=O)OC2)C1c1ccc2c(c1)OCO2. The van der Waals surface area contributed by atoms with Crippen LogP contribution in [0.25, 0.3) is 0 Å². The largest absolute Gasteiger partial charge is 0.468 e. The Kier molecular flexibility index (Phi) is 3.30. The van der Waals surface area contributed by atoms with Gasteiger partial charge in [-0.25, -0.2) is 4.79 Å². The number of fused-ring (bicyclic) bond motifs is 1. The number of benzene rings is 1. The Hall–Kier alpha value is -2.83. The molecule has 0 amide bonds. The molecular weight excluding hydrogens is 314 g/mol. The van der Waals surface area contributed by atoms with Gasteiger partial charge in [-0.15, -0.1) is 0 Å². The molecule has 124 valence electrons. The molecule has 0 saturated heterocycles. The van der Waals surface area contributed by atoms with Crippen molar-refractivity contribution in [2.24, 2.45) is 10.9 Å². The van der Waals surface area contributed by atoms with Crippen molar-refractivity contribution in [2.75, 3.05) is 20.5 Å². The van der Waals surface area contributed by atoms with E-state index in [4.69, 9.17) is 18.9 Å². The molecule has 2 unspecified atom stereocenters. The van der Waals surface area contributed by atoms with Crippen LogP contribution < -0.4 is 9.47 Å². The van der Waals surface area contributed by atoms with Crippen LogP contribution in [0.2, 0.25) is 0 Å². The summed E-state index contributed by atoms with van der Waals surface area (Å²) < 4.78 is 20.8. The number of carbonyl (C=O) groups is 2. The van der Waals surface area contributed by atoms with Gasteiger partial charge in [0.1, 0.15) is 12.5 Å². The van der Waals surface area contributed by atoms with Crippen molar-refractivity contribution in [3.8, 4) is 11.5 Å².